The summed E-state index contributed by atoms with van der Waals surface area (Å²) in [6, 6.07) is 5.17. The van der Waals surface area contributed by atoms with Gasteiger partial charge in [0.2, 0.25) is 0 Å². The Bertz CT molecular complexity index is 850. The number of methoxy groups -OCH3 is 1. The molecule has 3 aliphatic heterocycles. The van der Waals surface area contributed by atoms with Gasteiger partial charge in [-0.2, -0.15) is 5.10 Å². The Morgan fingerprint density at radius 3 is 2.67 bits per heavy atom. The van der Waals surface area contributed by atoms with Crippen LogP contribution in [0.1, 0.15) is 25.3 Å². The maximum atomic E-state index is 13.2. The van der Waals surface area contributed by atoms with Gasteiger partial charge in [0.1, 0.15) is 18.0 Å². The second-order valence-corrected chi connectivity index (χ2v) is 7.84. The number of ether oxygens (including phenoxy) is 2. The van der Waals surface area contributed by atoms with Crippen LogP contribution in [-0.4, -0.2) is 97.0 Å². The Labute approximate surface area is 176 Å². The monoisotopic (exact) mass is 415 g/mol. The average molecular weight is 415 g/mol. The van der Waals surface area contributed by atoms with E-state index in [4.69, 9.17) is 9.47 Å². The number of fused-ring (bicyclic) bond motifs is 1. The molecule has 3 aliphatic rings. The quantitative estimate of drug-likeness (QED) is 0.677. The van der Waals surface area contributed by atoms with Crippen LogP contribution in [-0.2, 0) is 4.79 Å². The van der Waals surface area contributed by atoms with Crippen molar-refractivity contribution in [2.75, 3.05) is 53.5 Å². The van der Waals surface area contributed by atoms with Gasteiger partial charge in [0.05, 0.1) is 25.6 Å². The molecule has 0 saturated carbocycles. The molecular weight excluding hydrogens is 386 g/mol. The van der Waals surface area contributed by atoms with E-state index in [1.165, 1.54) is 9.91 Å². The van der Waals surface area contributed by atoms with Crippen LogP contribution in [0.15, 0.2) is 23.3 Å². The molecule has 3 amide bonds. The first kappa shape index (κ1) is 20.6. The van der Waals surface area contributed by atoms with Gasteiger partial charge in [0, 0.05) is 38.2 Å². The lowest BCUT2D eigenvalue weighted by Gasteiger charge is -2.40. The maximum Gasteiger partial charge on any atom is 0.349 e. The predicted molar refractivity (Wildman–Crippen MR) is 112 cm³/mol. The van der Waals surface area contributed by atoms with Crippen molar-refractivity contribution in [3.63, 3.8) is 0 Å². The molecule has 0 N–H and O–H groups in total. The highest BCUT2D eigenvalue weighted by molar-refractivity contribution is 6.06. The third-order valence-corrected chi connectivity index (χ3v) is 5.94. The summed E-state index contributed by atoms with van der Waals surface area (Å²) in [6.07, 6.45) is 1.03. The van der Waals surface area contributed by atoms with Crippen LogP contribution in [0.3, 0.4) is 0 Å². The van der Waals surface area contributed by atoms with Gasteiger partial charge in [0.25, 0.3) is 5.91 Å². The zero-order chi connectivity index (χ0) is 21.3. The molecule has 9 nitrogen and oxygen atoms in total. The summed E-state index contributed by atoms with van der Waals surface area (Å²) >= 11 is 0. The van der Waals surface area contributed by atoms with Gasteiger partial charge in [-0.3, -0.25) is 9.69 Å². The first-order valence-electron chi connectivity index (χ1n) is 10.5. The number of urea groups is 1. The van der Waals surface area contributed by atoms with Crippen molar-refractivity contribution < 1.29 is 19.1 Å². The van der Waals surface area contributed by atoms with E-state index < -0.39 is 0 Å². The molecule has 3 heterocycles. The predicted octanol–water partition coefficient (Wildman–Crippen LogP) is 1.43. The largest absolute Gasteiger partial charge is 0.497 e. The molecular formula is C21H29N5O4. The van der Waals surface area contributed by atoms with E-state index in [1.54, 1.807) is 7.11 Å². The van der Waals surface area contributed by atoms with Crippen LogP contribution in [0.25, 0.3) is 0 Å². The van der Waals surface area contributed by atoms with Crippen LogP contribution >= 0.6 is 0 Å². The lowest BCUT2D eigenvalue weighted by Crippen LogP contribution is -2.56. The Morgan fingerprint density at radius 2 is 1.97 bits per heavy atom. The topological polar surface area (TPSA) is 77.9 Å². The van der Waals surface area contributed by atoms with E-state index in [0.29, 0.717) is 30.9 Å². The van der Waals surface area contributed by atoms with E-state index in [0.717, 1.165) is 37.5 Å². The lowest BCUT2D eigenvalue weighted by molar-refractivity contribution is -0.130. The molecule has 1 aromatic carbocycles. The number of hydrazone groups is 1. The van der Waals surface area contributed by atoms with Crippen LogP contribution in [0.4, 0.5) is 4.79 Å². The zero-order valence-electron chi connectivity index (χ0n) is 17.8. The van der Waals surface area contributed by atoms with Gasteiger partial charge >= 0.3 is 6.03 Å². The van der Waals surface area contributed by atoms with E-state index >= 15 is 0 Å². The summed E-state index contributed by atoms with van der Waals surface area (Å²) in [5, 5.41) is 5.88. The number of hydrogen-bond acceptors (Lipinski definition) is 7. The molecule has 0 spiro atoms. The standard InChI is InChI=1S/C21H29N5O4/c1-4-19(24-10-8-23(2)9-11-24)26-20(27)14-25(21(26)28)22-17-7-12-30-18-6-5-15(29-3)13-16(17)18/h5-6,13,19H,4,7-12,14H2,1-3H3/b22-17+. The van der Waals surface area contributed by atoms with Gasteiger partial charge in [0.15, 0.2) is 0 Å². The van der Waals surface area contributed by atoms with Gasteiger partial charge < -0.3 is 14.4 Å². The fourth-order valence-electron chi connectivity index (χ4n) is 4.23. The van der Waals surface area contributed by atoms with Gasteiger partial charge in [-0.05, 0) is 31.7 Å². The van der Waals surface area contributed by atoms with Crippen molar-refractivity contribution in [1.29, 1.82) is 0 Å². The van der Waals surface area contributed by atoms with Crippen molar-refractivity contribution >= 4 is 17.6 Å². The number of carbonyl (C=O) groups is 2. The minimum atomic E-state index is -0.353. The first-order valence-corrected chi connectivity index (χ1v) is 10.5. The van der Waals surface area contributed by atoms with Crippen molar-refractivity contribution in [2.24, 2.45) is 5.10 Å². The molecule has 4 rings (SSSR count). The van der Waals surface area contributed by atoms with E-state index in [-0.39, 0.29) is 24.6 Å². The minimum Gasteiger partial charge on any atom is -0.497 e. The van der Waals surface area contributed by atoms with Crippen LogP contribution in [0, 0.1) is 0 Å². The molecule has 30 heavy (non-hydrogen) atoms. The molecule has 1 unspecified atom stereocenters. The van der Waals surface area contributed by atoms with E-state index in [2.05, 4.69) is 21.9 Å². The molecule has 1 atom stereocenters. The maximum absolute atomic E-state index is 13.2. The highest BCUT2D eigenvalue weighted by Gasteiger charge is 2.43. The molecule has 0 aliphatic carbocycles. The van der Waals surface area contributed by atoms with E-state index in [9.17, 15) is 9.59 Å². The number of piperazine rings is 1. The molecule has 0 radical (unpaired) electrons. The van der Waals surface area contributed by atoms with Crippen molar-refractivity contribution in [3.05, 3.63) is 23.8 Å². The second kappa shape index (κ2) is 8.61. The fourth-order valence-corrected chi connectivity index (χ4v) is 4.23. The third kappa shape index (κ3) is 3.87. The molecule has 1 aromatic rings. The van der Waals surface area contributed by atoms with Crippen molar-refractivity contribution in [2.45, 2.75) is 25.9 Å². The molecule has 0 aromatic heterocycles. The third-order valence-electron chi connectivity index (χ3n) is 5.94. The molecule has 162 valence electrons. The summed E-state index contributed by atoms with van der Waals surface area (Å²) < 4.78 is 11.0. The Kier molecular flexibility index (Phi) is 5.92. The van der Waals surface area contributed by atoms with Gasteiger partial charge in [-0.25, -0.2) is 14.7 Å². The molecule has 2 fully saturated rings. The summed E-state index contributed by atoms with van der Waals surface area (Å²) in [5.74, 6) is 1.20. The number of amides is 3. The highest BCUT2D eigenvalue weighted by atomic mass is 16.5. The summed E-state index contributed by atoms with van der Waals surface area (Å²) in [5.41, 5.74) is 1.52. The van der Waals surface area contributed by atoms with E-state index in [1.807, 2.05) is 25.1 Å². The van der Waals surface area contributed by atoms with Crippen LogP contribution in [0.2, 0.25) is 0 Å². The number of likely N-dealkylation sites (N-methyl/N-ethyl adjacent to an activating group) is 1. The minimum absolute atomic E-state index is 0.0350. The summed E-state index contributed by atoms with van der Waals surface area (Å²) in [7, 11) is 3.69. The Morgan fingerprint density at radius 1 is 1.20 bits per heavy atom. The van der Waals surface area contributed by atoms with Crippen molar-refractivity contribution in [1.82, 2.24) is 19.7 Å². The van der Waals surface area contributed by atoms with Gasteiger partial charge in [-0.15, -0.1) is 0 Å². The first-order chi connectivity index (χ1) is 14.5. The number of nitrogens with zero attached hydrogens (tertiary/aromatic N) is 5. The summed E-state index contributed by atoms with van der Waals surface area (Å²) in [6.45, 7) is 5.99. The fraction of sp³-hybridized carbons (Fsp3) is 0.571. The zero-order valence-corrected chi connectivity index (χ0v) is 17.8. The lowest BCUT2D eigenvalue weighted by atomic mass is 10.0. The number of carbonyl (C=O) groups excluding carboxylic acids is 2. The Hall–Kier alpha value is -2.65. The smallest absolute Gasteiger partial charge is 0.349 e. The number of benzene rings is 1. The molecule has 0 bridgehead atoms. The molecule has 9 heteroatoms. The normalized spacial score (nSPS) is 23.0. The van der Waals surface area contributed by atoms with Crippen LogP contribution in [0.5, 0.6) is 11.5 Å². The number of hydrogen-bond donors (Lipinski definition) is 0. The van der Waals surface area contributed by atoms with Gasteiger partial charge in [-0.1, -0.05) is 6.92 Å². The second-order valence-electron chi connectivity index (χ2n) is 7.84. The Balaban J connectivity index is 1.56. The SMILES string of the molecule is CCC(N1CCN(C)CC1)N1C(=O)CN(/N=C2\CCOc3ccc(OC)cc32)C1=O. The highest BCUT2D eigenvalue weighted by Crippen LogP contribution is 2.30. The van der Waals surface area contributed by atoms with Crippen molar-refractivity contribution in [3.8, 4) is 11.5 Å². The number of rotatable bonds is 5. The molecule has 2 saturated heterocycles. The summed E-state index contributed by atoms with van der Waals surface area (Å²) in [4.78, 5) is 31.8. The number of imide groups is 1. The van der Waals surface area contributed by atoms with Crippen LogP contribution < -0.4 is 9.47 Å². The average Bonchev–Trinajstić information content (AvgIpc) is 3.03.